The number of hydrogen-bond donors (Lipinski definition) is 1. The lowest BCUT2D eigenvalue weighted by Gasteiger charge is -2.17. The van der Waals surface area contributed by atoms with E-state index in [0.717, 1.165) is 18.4 Å². The number of hydrogen-bond acceptors (Lipinski definition) is 1. The predicted octanol–water partition coefficient (Wildman–Crippen LogP) is 2.98. The van der Waals surface area contributed by atoms with Gasteiger partial charge in [-0.05, 0) is 30.5 Å². The summed E-state index contributed by atoms with van der Waals surface area (Å²) in [6.07, 6.45) is 4.57. The Kier molecular flexibility index (Phi) is 3.42. The Balaban J connectivity index is 2.05. The van der Waals surface area contributed by atoms with Crippen LogP contribution in [0.25, 0.3) is 6.08 Å². The topological polar surface area (TPSA) is 40.5 Å². The van der Waals surface area contributed by atoms with Crippen LogP contribution in [0.2, 0.25) is 0 Å². The molecule has 1 aromatic carbocycles. The Bertz CT molecular complexity index is 428. The molecule has 0 spiro atoms. The second-order valence-corrected chi connectivity index (χ2v) is 4.10. The highest BCUT2D eigenvalue weighted by atomic mass is 19.1. The predicted molar refractivity (Wildman–Crippen MR) is 63.2 cm³/mol. The van der Waals surface area contributed by atoms with Gasteiger partial charge in [-0.15, -0.1) is 0 Å². The van der Waals surface area contributed by atoms with Gasteiger partial charge in [0, 0.05) is 6.54 Å². The summed E-state index contributed by atoms with van der Waals surface area (Å²) in [6, 6.07) is 6.07. The molecule has 1 aliphatic heterocycles. The van der Waals surface area contributed by atoms with E-state index in [-0.39, 0.29) is 11.9 Å². The lowest BCUT2D eigenvalue weighted by molar-refractivity contribution is 0.147. The fourth-order valence-electron chi connectivity index (χ4n) is 2.03. The van der Waals surface area contributed by atoms with Crippen LogP contribution in [-0.2, 0) is 0 Å². The second-order valence-electron chi connectivity index (χ2n) is 4.10. The average molecular weight is 235 g/mol. The monoisotopic (exact) mass is 235 g/mol. The Hall–Kier alpha value is -1.84. The van der Waals surface area contributed by atoms with Crippen molar-refractivity contribution in [3.05, 3.63) is 41.7 Å². The van der Waals surface area contributed by atoms with Gasteiger partial charge in [0.2, 0.25) is 0 Å². The van der Waals surface area contributed by atoms with Crippen molar-refractivity contribution in [1.29, 1.82) is 0 Å². The van der Waals surface area contributed by atoms with Crippen LogP contribution in [0.4, 0.5) is 9.18 Å². The third-order valence-electron chi connectivity index (χ3n) is 2.93. The van der Waals surface area contributed by atoms with E-state index in [1.165, 1.54) is 17.0 Å². The van der Waals surface area contributed by atoms with Crippen molar-refractivity contribution in [3.8, 4) is 0 Å². The summed E-state index contributed by atoms with van der Waals surface area (Å²) in [4.78, 5) is 12.3. The number of benzene rings is 1. The molecule has 4 heteroatoms. The molecule has 1 atom stereocenters. The summed E-state index contributed by atoms with van der Waals surface area (Å²) in [7, 11) is 0. The highest BCUT2D eigenvalue weighted by Gasteiger charge is 2.25. The fourth-order valence-corrected chi connectivity index (χ4v) is 2.03. The van der Waals surface area contributed by atoms with Gasteiger partial charge in [-0.3, -0.25) is 0 Å². The van der Waals surface area contributed by atoms with Crippen molar-refractivity contribution >= 4 is 12.2 Å². The smallest absolute Gasteiger partial charge is 0.407 e. The molecule has 3 nitrogen and oxygen atoms in total. The standard InChI is InChI=1S/C13H14FNO2/c14-11-6-3-10(4-7-11)5-8-12-2-1-9-15(12)13(16)17/h3-8,12H,1-2,9H2,(H,16,17)/b8-5+. The first-order chi connectivity index (χ1) is 8.16. The zero-order valence-electron chi connectivity index (χ0n) is 9.34. The van der Waals surface area contributed by atoms with E-state index in [0.29, 0.717) is 6.54 Å². The molecule has 1 aromatic rings. The molecule has 0 radical (unpaired) electrons. The van der Waals surface area contributed by atoms with Crippen LogP contribution < -0.4 is 0 Å². The minimum absolute atomic E-state index is 0.0578. The lowest BCUT2D eigenvalue weighted by atomic mass is 10.1. The van der Waals surface area contributed by atoms with Gasteiger partial charge in [0.1, 0.15) is 5.82 Å². The van der Waals surface area contributed by atoms with Crippen LogP contribution >= 0.6 is 0 Å². The van der Waals surface area contributed by atoms with Gasteiger partial charge in [-0.2, -0.15) is 0 Å². The van der Waals surface area contributed by atoms with Crippen molar-refractivity contribution < 1.29 is 14.3 Å². The van der Waals surface area contributed by atoms with Crippen LogP contribution in [0.1, 0.15) is 18.4 Å². The maximum atomic E-state index is 12.7. The fraction of sp³-hybridized carbons (Fsp3) is 0.308. The van der Waals surface area contributed by atoms with Crippen LogP contribution in [0, 0.1) is 5.82 Å². The normalized spacial score (nSPS) is 20.1. The first kappa shape index (κ1) is 11.6. The average Bonchev–Trinajstić information content (AvgIpc) is 2.76. The van der Waals surface area contributed by atoms with Crippen molar-refractivity contribution in [2.24, 2.45) is 0 Å². The maximum Gasteiger partial charge on any atom is 0.407 e. The first-order valence-corrected chi connectivity index (χ1v) is 5.60. The molecular formula is C13H14FNO2. The molecule has 1 unspecified atom stereocenters. The van der Waals surface area contributed by atoms with Crippen LogP contribution in [0.5, 0.6) is 0 Å². The number of rotatable bonds is 2. The zero-order valence-corrected chi connectivity index (χ0v) is 9.34. The molecule has 0 aromatic heterocycles. The van der Waals surface area contributed by atoms with E-state index in [1.807, 2.05) is 12.2 Å². The molecule has 0 aliphatic carbocycles. The molecular weight excluding hydrogens is 221 g/mol. The van der Waals surface area contributed by atoms with Gasteiger partial charge < -0.3 is 10.0 Å². The quantitative estimate of drug-likeness (QED) is 0.856. The van der Waals surface area contributed by atoms with E-state index in [2.05, 4.69) is 0 Å². The molecule has 1 fully saturated rings. The van der Waals surface area contributed by atoms with Crippen LogP contribution in [-0.4, -0.2) is 28.7 Å². The summed E-state index contributed by atoms with van der Waals surface area (Å²) in [5, 5.41) is 8.96. The number of likely N-dealkylation sites (tertiary alicyclic amines) is 1. The third-order valence-corrected chi connectivity index (χ3v) is 2.93. The molecule has 1 heterocycles. The minimum Gasteiger partial charge on any atom is -0.465 e. The van der Waals surface area contributed by atoms with Gasteiger partial charge in [-0.25, -0.2) is 9.18 Å². The van der Waals surface area contributed by atoms with E-state index >= 15 is 0 Å². The van der Waals surface area contributed by atoms with Gasteiger partial charge in [0.25, 0.3) is 0 Å². The molecule has 1 saturated heterocycles. The van der Waals surface area contributed by atoms with Gasteiger partial charge in [0.05, 0.1) is 6.04 Å². The molecule has 90 valence electrons. The second kappa shape index (κ2) is 4.99. The zero-order chi connectivity index (χ0) is 12.3. The molecule has 0 saturated carbocycles. The number of halogens is 1. The van der Waals surface area contributed by atoms with E-state index < -0.39 is 6.09 Å². The summed E-state index contributed by atoms with van der Waals surface area (Å²) >= 11 is 0. The minimum atomic E-state index is -0.878. The number of nitrogens with zero attached hydrogens (tertiary/aromatic N) is 1. The van der Waals surface area contributed by atoms with E-state index in [9.17, 15) is 9.18 Å². The third kappa shape index (κ3) is 2.84. The Labute approximate surface area is 99.2 Å². The Morgan fingerprint density at radius 3 is 2.76 bits per heavy atom. The summed E-state index contributed by atoms with van der Waals surface area (Å²) in [5.41, 5.74) is 0.878. The van der Waals surface area contributed by atoms with Crippen LogP contribution in [0.3, 0.4) is 0 Å². The van der Waals surface area contributed by atoms with E-state index in [1.54, 1.807) is 12.1 Å². The van der Waals surface area contributed by atoms with Crippen molar-refractivity contribution in [2.45, 2.75) is 18.9 Å². The molecule has 1 N–H and O–H groups in total. The lowest BCUT2D eigenvalue weighted by Crippen LogP contribution is -2.32. The summed E-state index contributed by atoms with van der Waals surface area (Å²) in [6.45, 7) is 0.591. The van der Waals surface area contributed by atoms with Crippen molar-refractivity contribution in [1.82, 2.24) is 4.90 Å². The van der Waals surface area contributed by atoms with Crippen LogP contribution in [0.15, 0.2) is 30.3 Å². The molecule has 2 rings (SSSR count). The van der Waals surface area contributed by atoms with Crippen molar-refractivity contribution in [2.75, 3.05) is 6.54 Å². The maximum absolute atomic E-state index is 12.7. The largest absolute Gasteiger partial charge is 0.465 e. The number of carbonyl (C=O) groups is 1. The van der Waals surface area contributed by atoms with E-state index in [4.69, 9.17) is 5.11 Å². The van der Waals surface area contributed by atoms with Gasteiger partial charge in [0.15, 0.2) is 0 Å². The highest BCUT2D eigenvalue weighted by molar-refractivity contribution is 5.66. The molecule has 1 amide bonds. The molecule has 1 aliphatic rings. The van der Waals surface area contributed by atoms with Crippen molar-refractivity contribution in [3.63, 3.8) is 0 Å². The first-order valence-electron chi connectivity index (χ1n) is 5.60. The SMILES string of the molecule is O=C(O)N1CCCC1/C=C/c1ccc(F)cc1. The summed E-state index contributed by atoms with van der Waals surface area (Å²) < 4.78 is 12.7. The number of amides is 1. The Morgan fingerprint density at radius 1 is 1.41 bits per heavy atom. The molecule has 17 heavy (non-hydrogen) atoms. The van der Waals surface area contributed by atoms with Gasteiger partial charge >= 0.3 is 6.09 Å². The highest BCUT2D eigenvalue weighted by Crippen LogP contribution is 2.19. The van der Waals surface area contributed by atoms with Gasteiger partial charge in [-0.1, -0.05) is 24.3 Å². The Morgan fingerprint density at radius 2 is 2.12 bits per heavy atom. The molecule has 0 bridgehead atoms. The summed E-state index contributed by atoms with van der Waals surface area (Å²) in [5.74, 6) is -0.268. The number of carboxylic acid groups (broad SMARTS) is 1.